The number of rotatable bonds is 3. The second-order valence-electron chi connectivity index (χ2n) is 9.05. The van der Waals surface area contributed by atoms with E-state index < -0.39 is 34.2 Å². The Morgan fingerprint density at radius 3 is 2.50 bits per heavy atom. The van der Waals surface area contributed by atoms with Gasteiger partial charge in [-0.25, -0.2) is 9.69 Å². The van der Waals surface area contributed by atoms with Crippen LogP contribution >= 0.6 is 0 Å². The Kier molecular flexibility index (Phi) is 4.62. The van der Waals surface area contributed by atoms with Crippen molar-refractivity contribution < 1.29 is 24.0 Å². The van der Waals surface area contributed by atoms with Crippen molar-refractivity contribution in [2.75, 3.05) is 16.9 Å². The van der Waals surface area contributed by atoms with E-state index in [1.54, 1.807) is 30.3 Å². The highest BCUT2D eigenvalue weighted by Gasteiger charge is 2.64. The molecule has 0 saturated carbocycles. The van der Waals surface area contributed by atoms with E-state index in [2.05, 4.69) is 5.32 Å². The van der Waals surface area contributed by atoms with Crippen molar-refractivity contribution in [3.05, 3.63) is 93.5 Å². The number of methoxy groups -OCH3 is 1. The number of urea groups is 1. The molecule has 3 aromatic carbocycles. The van der Waals surface area contributed by atoms with Crippen LogP contribution in [0.2, 0.25) is 0 Å². The van der Waals surface area contributed by atoms with Gasteiger partial charge in [0.15, 0.2) is 5.41 Å². The lowest BCUT2D eigenvalue weighted by Crippen LogP contribution is -2.69. The number of benzene rings is 3. The lowest BCUT2D eigenvalue weighted by molar-refractivity contribution is -0.384. The van der Waals surface area contributed by atoms with Crippen molar-refractivity contribution in [2.45, 2.75) is 19.0 Å². The summed E-state index contributed by atoms with van der Waals surface area (Å²) in [6, 6.07) is 16.9. The summed E-state index contributed by atoms with van der Waals surface area (Å²) < 4.78 is 5.18. The number of imide groups is 2. The summed E-state index contributed by atoms with van der Waals surface area (Å²) in [4.78, 5) is 54.9. The van der Waals surface area contributed by atoms with Crippen LogP contribution in [-0.4, -0.2) is 29.9 Å². The molecule has 2 atom stereocenters. The first-order chi connectivity index (χ1) is 17.3. The minimum absolute atomic E-state index is 0.0931. The summed E-state index contributed by atoms with van der Waals surface area (Å²) in [6.45, 7) is 0.421. The Morgan fingerprint density at radius 1 is 1.03 bits per heavy atom. The largest absolute Gasteiger partial charge is 0.497 e. The number of hydrogen-bond acceptors (Lipinski definition) is 7. The molecule has 0 radical (unpaired) electrons. The number of amides is 4. The van der Waals surface area contributed by atoms with Gasteiger partial charge in [0, 0.05) is 30.8 Å². The predicted octanol–water partition coefficient (Wildman–Crippen LogP) is 3.49. The third-order valence-electron chi connectivity index (χ3n) is 7.27. The van der Waals surface area contributed by atoms with Gasteiger partial charge < -0.3 is 9.64 Å². The third kappa shape index (κ3) is 2.87. The van der Waals surface area contributed by atoms with Crippen LogP contribution in [0.3, 0.4) is 0 Å². The Labute approximate surface area is 205 Å². The van der Waals surface area contributed by atoms with Gasteiger partial charge in [-0.15, -0.1) is 0 Å². The molecule has 3 aromatic rings. The molecule has 2 unspecified atom stereocenters. The number of carbonyl (C=O) groups excluding carboxylic acids is 3. The number of nitro benzene ring substituents is 1. The van der Waals surface area contributed by atoms with E-state index in [1.165, 1.54) is 19.2 Å². The minimum atomic E-state index is -1.72. The molecule has 180 valence electrons. The van der Waals surface area contributed by atoms with Crippen LogP contribution in [0.5, 0.6) is 5.75 Å². The number of carbonyl (C=O) groups is 3. The van der Waals surface area contributed by atoms with Gasteiger partial charge in [-0.2, -0.15) is 0 Å². The number of nitro groups is 1. The van der Waals surface area contributed by atoms with Crippen molar-refractivity contribution in [1.29, 1.82) is 0 Å². The van der Waals surface area contributed by atoms with Gasteiger partial charge in [0.25, 0.3) is 11.6 Å². The zero-order chi connectivity index (χ0) is 25.2. The predicted molar refractivity (Wildman–Crippen MR) is 129 cm³/mol. The average Bonchev–Trinajstić information content (AvgIpc) is 3.28. The van der Waals surface area contributed by atoms with Gasteiger partial charge in [-0.1, -0.05) is 24.3 Å². The molecule has 4 amide bonds. The standard InChI is InChI=1S/C26H20N4O6/c1-36-19-9-6-17(7-10-19)29-24(32)26(23(31)27-25(29)33)13-16-12-18(30(34)35)8-11-21(16)28-14-15-4-2-3-5-20(15)22(26)28/h2-12,22H,13-14H2,1H3,(H,27,31,33). The Bertz CT molecular complexity index is 1470. The fourth-order valence-corrected chi connectivity index (χ4v) is 5.66. The summed E-state index contributed by atoms with van der Waals surface area (Å²) in [5.74, 6) is -0.847. The summed E-state index contributed by atoms with van der Waals surface area (Å²) >= 11 is 0. The van der Waals surface area contributed by atoms with Crippen molar-refractivity contribution in [3.8, 4) is 5.75 Å². The van der Waals surface area contributed by atoms with E-state index in [0.29, 0.717) is 17.9 Å². The summed E-state index contributed by atoms with van der Waals surface area (Å²) in [5.41, 5.74) is 1.42. The highest BCUT2D eigenvalue weighted by molar-refractivity contribution is 6.30. The number of anilines is 2. The Hall–Kier alpha value is -4.73. The molecule has 0 aliphatic carbocycles. The maximum atomic E-state index is 14.3. The van der Waals surface area contributed by atoms with Crippen LogP contribution in [0.25, 0.3) is 0 Å². The van der Waals surface area contributed by atoms with Gasteiger partial charge in [0.05, 0.1) is 23.8 Å². The van der Waals surface area contributed by atoms with Crippen LogP contribution in [0.15, 0.2) is 66.7 Å². The molecular weight excluding hydrogens is 464 g/mol. The topological polar surface area (TPSA) is 122 Å². The Balaban J connectivity index is 1.56. The maximum Gasteiger partial charge on any atom is 0.335 e. The quantitative estimate of drug-likeness (QED) is 0.343. The normalized spacial score (nSPS) is 22.1. The first-order valence-corrected chi connectivity index (χ1v) is 11.3. The molecule has 0 bridgehead atoms. The highest BCUT2D eigenvalue weighted by Crippen LogP contribution is 2.56. The molecule has 3 aliphatic heterocycles. The van der Waals surface area contributed by atoms with Crippen LogP contribution in [0, 0.1) is 15.5 Å². The van der Waals surface area contributed by atoms with Crippen LogP contribution in [0.4, 0.5) is 21.9 Å². The van der Waals surface area contributed by atoms with Crippen LogP contribution < -0.4 is 19.9 Å². The van der Waals surface area contributed by atoms with Gasteiger partial charge in [-0.3, -0.25) is 25.0 Å². The van der Waals surface area contributed by atoms with Gasteiger partial charge in [-0.05, 0) is 47.0 Å². The number of nitrogens with zero attached hydrogens (tertiary/aromatic N) is 3. The zero-order valence-corrected chi connectivity index (χ0v) is 19.1. The van der Waals surface area contributed by atoms with Gasteiger partial charge in [0.1, 0.15) is 5.75 Å². The number of fused-ring (bicyclic) bond motifs is 6. The van der Waals surface area contributed by atoms with E-state index in [0.717, 1.165) is 21.7 Å². The fraction of sp³-hybridized carbons (Fsp3) is 0.192. The smallest absolute Gasteiger partial charge is 0.335 e. The fourth-order valence-electron chi connectivity index (χ4n) is 5.66. The molecule has 1 N–H and O–H groups in total. The Morgan fingerprint density at radius 2 is 1.78 bits per heavy atom. The van der Waals surface area contributed by atoms with Crippen LogP contribution in [0.1, 0.15) is 22.7 Å². The maximum absolute atomic E-state index is 14.3. The summed E-state index contributed by atoms with van der Waals surface area (Å²) in [6.07, 6.45) is -0.0931. The number of hydrogen-bond donors (Lipinski definition) is 1. The second kappa shape index (κ2) is 7.64. The molecule has 1 spiro atoms. The molecule has 1 saturated heterocycles. The van der Waals surface area contributed by atoms with Crippen LogP contribution in [-0.2, 0) is 22.6 Å². The molecule has 0 aromatic heterocycles. The molecular formula is C26H20N4O6. The molecule has 10 nitrogen and oxygen atoms in total. The van der Waals surface area contributed by atoms with E-state index in [4.69, 9.17) is 4.74 Å². The van der Waals surface area contributed by atoms with Gasteiger partial charge >= 0.3 is 6.03 Å². The van der Waals surface area contributed by atoms with E-state index in [9.17, 15) is 24.5 Å². The second-order valence-corrected chi connectivity index (χ2v) is 9.05. The highest BCUT2D eigenvalue weighted by atomic mass is 16.6. The van der Waals surface area contributed by atoms with Crippen molar-refractivity contribution in [1.82, 2.24) is 5.32 Å². The average molecular weight is 484 g/mol. The van der Waals surface area contributed by atoms with Crippen molar-refractivity contribution in [2.24, 2.45) is 5.41 Å². The first-order valence-electron chi connectivity index (χ1n) is 11.3. The number of nitrogens with one attached hydrogen (secondary N) is 1. The number of barbiturate groups is 1. The molecule has 6 rings (SSSR count). The lowest BCUT2D eigenvalue weighted by Gasteiger charge is -2.49. The number of ether oxygens (including phenoxy) is 1. The van der Waals surface area contributed by atoms with Crippen molar-refractivity contribution >= 4 is 34.9 Å². The SMILES string of the molecule is COc1ccc(N2C(=O)NC(=O)C3(Cc4cc([N+](=O)[O-])ccc4N4Cc5ccccc5C43)C2=O)cc1. The minimum Gasteiger partial charge on any atom is -0.497 e. The molecule has 3 heterocycles. The molecule has 10 heteroatoms. The zero-order valence-electron chi connectivity index (χ0n) is 19.1. The van der Waals surface area contributed by atoms with Crippen molar-refractivity contribution in [3.63, 3.8) is 0 Å². The van der Waals surface area contributed by atoms with E-state index in [1.807, 2.05) is 29.2 Å². The van der Waals surface area contributed by atoms with E-state index >= 15 is 0 Å². The molecule has 36 heavy (non-hydrogen) atoms. The summed E-state index contributed by atoms with van der Waals surface area (Å²) in [7, 11) is 1.51. The molecule has 1 fully saturated rings. The summed E-state index contributed by atoms with van der Waals surface area (Å²) in [5, 5.41) is 13.9. The van der Waals surface area contributed by atoms with E-state index in [-0.39, 0.29) is 17.8 Å². The first kappa shape index (κ1) is 21.8. The van der Waals surface area contributed by atoms with Gasteiger partial charge in [0.2, 0.25) is 5.91 Å². The number of non-ortho nitro benzene ring substituents is 1. The lowest BCUT2D eigenvalue weighted by atomic mass is 9.67. The monoisotopic (exact) mass is 484 g/mol. The third-order valence-corrected chi connectivity index (χ3v) is 7.27. The molecule has 3 aliphatic rings.